The third-order valence-corrected chi connectivity index (χ3v) is 3.75. The molecule has 1 unspecified atom stereocenters. The summed E-state index contributed by atoms with van der Waals surface area (Å²) in [6.07, 6.45) is 3.32. The molecule has 1 saturated carbocycles. The summed E-state index contributed by atoms with van der Waals surface area (Å²) < 4.78 is 34.0. The Bertz CT molecular complexity index is 507. The number of ether oxygens (including phenoxy) is 2. The lowest BCUT2D eigenvalue weighted by atomic mass is 10.1. The highest BCUT2D eigenvalue weighted by Crippen LogP contribution is 2.28. The summed E-state index contributed by atoms with van der Waals surface area (Å²) in [5.41, 5.74) is 0.805. The van der Waals surface area contributed by atoms with Gasteiger partial charge in [-0.25, -0.2) is 4.79 Å². The predicted molar refractivity (Wildman–Crippen MR) is 86.2 cm³/mol. The van der Waals surface area contributed by atoms with Crippen LogP contribution in [-0.2, 0) is 4.74 Å². The third-order valence-electron chi connectivity index (χ3n) is 3.75. The number of hydrogen-bond donors (Lipinski definition) is 2. The Morgan fingerprint density at radius 1 is 1.29 bits per heavy atom. The van der Waals surface area contributed by atoms with Crippen molar-refractivity contribution in [3.05, 3.63) is 29.8 Å². The van der Waals surface area contributed by atoms with E-state index < -0.39 is 6.61 Å². The van der Waals surface area contributed by atoms with Gasteiger partial charge in [0.25, 0.3) is 0 Å². The van der Waals surface area contributed by atoms with Crippen molar-refractivity contribution in [3.63, 3.8) is 0 Å². The molecule has 2 N–H and O–H groups in total. The summed E-state index contributed by atoms with van der Waals surface area (Å²) in [7, 11) is 0. The average molecular weight is 342 g/mol. The van der Waals surface area contributed by atoms with Crippen molar-refractivity contribution in [1.29, 1.82) is 0 Å². The van der Waals surface area contributed by atoms with Gasteiger partial charge >= 0.3 is 12.6 Å². The van der Waals surface area contributed by atoms with Gasteiger partial charge in [-0.15, -0.1) is 0 Å². The molecule has 0 heterocycles. The first kappa shape index (κ1) is 18.4. The summed E-state index contributed by atoms with van der Waals surface area (Å²) in [5, 5.41) is 5.57. The standard InChI is InChI=1S/C17H24F2N2O3/c1-12(14-5-7-15(8-6-14)24-16(18)19)21-17(22)20-9-2-10-23-11-13-3-4-13/h5-8,12-13,16H,2-4,9-11H2,1H3,(H2,20,21,22). The number of nitrogens with one attached hydrogen (secondary N) is 2. The van der Waals surface area contributed by atoms with Crippen molar-refractivity contribution < 1.29 is 23.0 Å². The molecule has 1 aliphatic rings. The van der Waals surface area contributed by atoms with E-state index in [1.807, 2.05) is 6.92 Å². The van der Waals surface area contributed by atoms with E-state index in [1.54, 1.807) is 12.1 Å². The van der Waals surface area contributed by atoms with Gasteiger partial charge in [-0.1, -0.05) is 12.1 Å². The molecular formula is C17H24F2N2O3. The predicted octanol–water partition coefficient (Wildman–Crippen LogP) is 3.46. The minimum absolute atomic E-state index is 0.0941. The quantitative estimate of drug-likeness (QED) is 0.640. The smallest absolute Gasteiger partial charge is 0.387 e. The Kier molecular flexibility index (Phi) is 7.24. The van der Waals surface area contributed by atoms with Crippen LogP contribution < -0.4 is 15.4 Å². The van der Waals surface area contributed by atoms with E-state index in [4.69, 9.17) is 4.74 Å². The fourth-order valence-corrected chi connectivity index (χ4v) is 2.18. The maximum absolute atomic E-state index is 12.1. The number of hydrogen-bond acceptors (Lipinski definition) is 3. The molecule has 1 aliphatic carbocycles. The Morgan fingerprint density at radius 2 is 2.00 bits per heavy atom. The van der Waals surface area contributed by atoms with E-state index in [0.29, 0.717) is 13.2 Å². The maximum Gasteiger partial charge on any atom is 0.387 e. The van der Waals surface area contributed by atoms with Gasteiger partial charge in [-0.2, -0.15) is 8.78 Å². The number of benzene rings is 1. The molecule has 1 fully saturated rings. The molecule has 0 saturated heterocycles. The van der Waals surface area contributed by atoms with Gasteiger partial charge in [0, 0.05) is 19.8 Å². The third kappa shape index (κ3) is 7.12. The van der Waals surface area contributed by atoms with E-state index in [2.05, 4.69) is 15.4 Å². The second-order valence-electron chi connectivity index (χ2n) is 5.94. The van der Waals surface area contributed by atoms with Gasteiger partial charge in [0.1, 0.15) is 5.75 Å². The number of alkyl halides is 2. The summed E-state index contributed by atoms with van der Waals surface area (Å²) >= 11 is 0. The molecule has 1 aromatic carbocycles. The van der Waals surface area contributed by atoms with E-state index in [1.165, 1.54) is 25.0 Å². The Hall–Kier alpha value is -1.89. The molecule has 134 valence electrons. The van der Waals surface area contributed by atoms with E-state index in [9.17, 15) is 13.6 Å². The number of halogens is 2. The number of amides is 2. The van der Waals surface area contributed by atoms with Gasteiger partial charge in [0.05, 0.1) is 6.04 Å². The minimum atomic E-state index is -2.84. The van der Waals surface area contributed by atoms with E-state index in [0.717, 1.165) is 24.5 Å². The lowest BCUT2D eigenvalue weighted by molar-refractivity contribution is -0.0498. The van der Waals surface area contributed by atoms with Crippen LogP contribution in [0.5, 0.6) is 5.75 Å². The number of urea groups is 1. The van der Waals surface area contributed by atoms with Crippen molar-refractivity contribution >= 4 is 6.03 Å². The summed E-state index contributed by atoms with van der Waals surface area (Å²) in [6, 6.07) is 5.70. The fourth-order valence-electron chi connectivity index (χ4n) is 2.18. The van der Waals surface area contributed by atoms with Crippen molar-refractivity contribution in [2.24, 2.45) is 5.92 Å². The zero-order valence-corrected chi connectivity index (χ0v) is 13.8. The summed E-state index contributed by atoms with van der Waals surface area (Å²) in [4.78, 5) is 11.8. The van der Waals surface area contributed by atoms with Gasteiger partial charge in [0.2, 0.25) is 0 Å². The van der Waals surface area contributed by atoms with Crippen molar-refractivity contribution in [2.75, 3.05) is 19.8 Å². The molecular weight excluding hydrogens is 318 g/mol. The van der Waals surface area contributed by atoms with Gasteiger partial charge in [0.15, 0.2) is 0 Å². The second-order valence-corrected chi connectivity index (χ2v) is 5.94. The zero-order valence-electron chi connectivity index (χ0n) is 13.8. The molecule has 0 aliphatic heterocycles. The van der Waals surface area contributed by atoms with Gasteiger partial charge in [-0.3, -0.25) is 0 Å². The Labute approximate surface area is 140 Å². The van der Waals surface area contributed by atoms with E-state index >= 15 is 0 Å². The highest BCUT2D eigenvalue weighted by atomic mass is 19.3. The van der Waals surface area contributed by atoms with Crippen molar-refractivity contribution in [1.82, 2.24) is 10.6 Å². The van der Waals surface area contributed by atoms with Crippen LogP contribution in [0.15, 0.2) is 24.3 Å². The molecule has 0 radical (unpaired) electrons. The highest BCUT2D eigenvalue weighted by Gasteiger charge is 2.20. The summed E-state index contributed by atoms with van der Waals surface area (Å²) in [5.74, 6) is 0.844. The number of rotatable bonds is 10. The minimum Gasteiger partial charge on any atom is -0.435 e. The first-order valence-corrected chi connectivity index (χ1v) is 8.21. The highest BCUT2D eigenvalue weighted by molar-refractivity contribution is 5.74. The average Bonchev–Trinajstić information content (AvgIpc) is 3.35. The molecule has 7 heteroatoms. The summed E-state index contributed by atoms with van der Waals surface area (Å²) in [6.45, 7) is 1.00. The maximum atomic E-state index is 12.1. The van der Waals surface area contributed by atoms with Crippen LogP contribution in [0.4, 0.5) is 13.6 Å². The Balaban J connectivity index is 1.61. The van der Waals surface area contributed by atoms with Crippen LogP contribution in [0.1, 0.15) is 37.8 Å². The van der Waals surface area contributed by atoms with Crippen LogP contribution in [0.25, 0.3) is 0 Å². The SMILES string of the molecule is CC(NC(=O)NCCCOCC1CC1)c1ccc(OC(F)F)cc1. The number of carbonyl (C=O) groups excluding carboxylic acids is 1. The molecule has 0 bridgehead atoms. The monoisotopic (exact) mass is 342 g/mol. The first-order chi connectivity index (χ1) is 11.5. The largest absolute Gasteiger partial charge is 0.435 e. The topological polar surface area (TPSA) is 59.6 Å². The van der Waals surface area contributed by atoms with Crippen molar-refractivity contribution in [3.8, 4) is 5.75 Å². The van der Waals surface area contributed by atoms with Crippen LogP contribution in [0.2, 0.25) is 0 Å². The molecule has 2 amide bonds. The van der Waals surface area contributed by atoms with Crippen LogP contribution in [0, 0.1) is 5.92 Å². The zero-order chi connectivity index (χ0) is 17.4. The van der Waals surface area contributed by atoms with Crippen molar-refractivity contribution in [2.45, 2.75) is 38.8 Å². The van der Waals surface area contributed by atoms with Gasteiger partial charge < -0.3 is 20.1 Å². The second kappa shape index (κ2) is 9.42. The molecule has 2 rings (SSSR count). The number of carbonyl (C=O) groups is 1. The van der Waals surface area contributed by atoms with Crippen LogP contribution >= 0.6 is 0 Å². The molecule has 1 atom stereocenters. The lowest BCUT2D eigenvalue weighted by Crippen LogP contribution is -2.37. The molecule has 1 aromatic rings. The molecule has 0 aromatic heterocycles. The lowest BCUT2D eigenvalue weighted by Gasteiger charge is -2.15. The van der Waals surface area contributed by atoms with Crippen LogP contribution in [-0.4, -0.2) is 32.4 Å². The normalized spacial score (nSPS) is 15.2. The van der Waals surface area contributed by atoms with Crippen LogP contribution in [0.3, 0.4) is 0 Å². The molecule has 5 nitrogen and oxygen atoms in total. The fraction of sp³-hybridized carbons (Fsp3) is 0.588. The van der Waals surface area contributed by atoms with E-state index in [-0.39, 0.29) is 17.8 Å². The van der Waals surface area contributed by atoms with Gasteiger partial charge in [-0.05, 0) is 49.8 Å². The molecule has 0 spiro atoms. The Morgan fingerprint density at radius 3 is 2.62 bits per heavy atom. The first-order valence-electron chi connectivity index (χ1n) is 8.21. The molecule has 24 heavy (non-hydrogen) atoms.